The Bertz CT molecular complexity index is 1470. The lowest BCUT2D eigenvalue weighted by Gasteiger charge is -2.31. The molecule has 0 radical (unpaired) electrons. The molecule has 0 saturated carbocycles. The van der Waals surface area contributed by atoms with Crippen LogP contribution in [0.5, 0.6) is 0 Å². The second kappa shape index (κ2) is 16.5. The van der Waals surface area contributed by atoms with Gasteiger partial charge in [-0.15, -0.1) is 0 Å². The molecule has 0 aromatic heterocycles. The Labute approximate surface area is 274 Å². The third-order valence-corrected chi connectivity index (χ3v) is 8.97. The second-order valence-corrected chi connectivity index (χ2v) is 12.1. The maximum atomic E-state index is 13.5. The van der Waals surface area contributed by atoms with Gasteiger partial charge in [0.1, 0.15) is 0 Å². The summed E-state index contributed by atoms with van der Waals surface area (Å²) in [5.74, 6) is -0.150. The van der Waals surface area contributed by atoms with Crippen LogP contribution in [0.3, 0.4) is 0 Å². The summed E-state index contributed by atoms with van der Waals surface area (Å²) in [4.78, 5) is 31.9. The van der Waals surface area contributed by atoms with E-state index in [1.807, 2.05) is 30.3 Å². The number of nitrogens with one attached hydrogen (secondary N) is 1. The summed E-state index contributed by atoms with van der Waals surface area (Å²) in [7, 11) is 2.16. The van der Waals surface area contributed by atoms with Crippen molar-refractivity contribution in [3.05, 3.63) is 83.4 Å². The number of likely N-dealkylation sites (N-methyl/N-ethyl adjacent to an activating group) is 1. The van der Waals surface area contributed by atoms with Crippen molar-refractivity contribution < 1.29 is 19.1 Å². The lowest BCUT2D eigenvalue weighted by molar-refractivity contribution is -0.113. The van der Waals surface area contributed by atoms with Crippen LogP contribution in [-0.2, 0) is 25.6 Å². The van der Waals surface area contributed by atoms with Crippen LogP contribution in [0.15, 0.2) is 72.3 Å². The average molecular weight is 625 g/mol. The molecule has 1 fully saturated rings. The summed E-state index contributed by atoms with van der Waals surface area (Å²) < 4.78 is 11.2. The number of fused-ring (bicyclic) bond motifs is 1. The van der Waals surface area contributed by atoms with Crippen molar-refractivity contribution in [3.8, 4) is 11.1 Å². The number of hydrogen-bond acceptors (Lipinski definition) is 6. The van der Waals surface area contributed by atoms with Crippen molar-refractivity contribution in [1.82, 2.24) is 4.90 Å². The molecule has 8 nitrogen and oxygen atoms in total. The highest BCUT2D eigenvalue weighted by Crippen LogP contribution is 2.33. The Morgan fingerprint density at radius 2 is 1.74 bits per heavy atom. The van der Waals surface area contributed by atoms with E-state index >= 15 is 0 Å². The molecule has 244 valence electrons. The van der Waals surface area contributed by atoms with Gasteiger partial charge < -0.3 is 24.6 Å². The standard InChI is InChI=1S/C38H48N4O4/c1-4-21-45-24-20-41(5-2)36-13-8-30(9-14-36)31-10-15-37-33(25-31)26-32(16-19-42(37)28-43)38(44)39-34-11-6-29(7-12-34)27-40(3)35-17-22-46-23-18-35/h6-15,25-26,28,35H,4-5,16-24,27H2,1-3H3,(H,39,44). The number of anilines is 3. The van der Waals surface area contributed by atoms with Crippen LogP contribution in [0.1, 0.15) is 50.7 Å². The zero-order chi connectivity index (χ0) is 32.3. The van der Waals surface area contributed by atoms with Gasteiger partial charge in [-0.2, -0.15) is 0 Å². The van der Waals surface area contributed by atoms with E-state index in [-0.39, 0.29) is 5.91 Å². The van der Waals surface area contributed by atoms with E-state index < -0.39 is 0 Å². The number of hydrogen-bond donors (Lipinski definition) is 1. The maximum Gasteiger partial charge on any atom is 0.251 e. The topological polar surface area (TPSA) is 74.4 Å². The molecule has 2 aliphatic rings. The van der Waals surface area contributed by atoms with E-state index in [9.17, 15) is 9.59 Å². The molecule has 3 aromatic carbocycles. The van der Waals surface area contributed by atoms with E-state index in [1.165, 1.54) is 5.56 Å². The molecule has 2 heterocycles. The molecule has 1 N–H and O–H groups in total. The first-order valence-corrected chi connectivity index (χ1v) is 16.7. The Kier molecular flexibility index (Phi) is 12.0. The maximum absolute atomic E-state index is 13.5. The van der Waals surface area contributed by atoms with Gasteiger partial charge in [-0.25, -0.2) is 0 Å². The van der Waals surface area contributed by atoms with Crippen LogP contribution in [-0.4, -0.2) is 76.4 Å². The molecule has 46 heavy (non-hydrogen) atoms. The fraction of sp³-hybridized carbons (Fsp3) is 0.421. The van der Waals surface area contributed by atoms with Crippen molar-refractivity contribution in [2.45, 2.75) is 52.1 Å². The summed E-state index contributed by atoms with van der Waals surface area (Å²) in [5, 5.41) is 3.08. The fourth-order valence-corrected chi connectivity index (χ4v) is 6.22. The Morgan fingerprint density at radius 1 is 1.00 bits per heavy atom. The first-order valence-electron chi connectivity index (χ1n) is 16.7. The van der Waals surface area contributed by atoms with Gasteiger partial charge in [-0.05, 0) is 104 Å². The van der Waals surface area contributed by atoms with E-state index in [0.717, 1.165) is 98.9 Å². The zero-order valence-corrected chi connectivity index (χ0v) is 27.5. The van der Waals surface area contributed by atoms with Crippen molar-refractivity contribution in [3.63, 3.8) is 0 Å². The predicted molar refractivity (Wildman–Crippen MR) is 187 cm³/mol. The highest BCUT2D eigenvalue weighted by Gasteiger charge is 2.21. The Morgan fingerprint density at radius 3 is 2.43 bits per heavy atom. The third kappa shape index (κ3) is 8.63. The van der Waals surface area contributed by atoms with E-state index in [2.05, 4.69) is 78.5 Å². The molecule has 3 aromatic rings. The lowest BCUT2D eigenvalue weighted by atomic mass is 10.00. The molecule has 0 bridgehead atoms. The van der Waals surface area contributed by atoms with Gasteiger partial charge in [-0.1, -0.05) is 37.3 Å². The molecule has 8 heteroatoms. The molecular weight excluding hydrogens is 576 g/mol. The molecule has 0 unspecified atom stereocenters. The van der Waals surface area contributed by atoms with Crippen molar-refractivity contribution >= 4 is 35.5 Å². The molecule has 0 aliphatic carbocycles. The lowest BCUT2D eigenvalue weighted by Crippen LogP contribution is -2.36. The van der Waals surface area contributed by atoms with Crippen molar-refractivity contribution in [1.29, 1.82) is 0 Å². The van der Waals surface area contributed by atoms with Crippen molar-refractivity contribution in [2.75, 3.05) is 68.2 Å². The largest absolute Gasteiger partial charge is 0.381 e. The van der Waals surface area contributed by atoms with Crippen LogP contribution >= 0.6 is 0 Å². The van der Waals surface area contributed by atoms with Gasteiger partial charge >= 0.3 is 0 Å². The number of benzene rings is 3. The molecule has 2 amide bonds. The minimum absolute atomic E-state index is 0.150. The van der Waals surface area contributed by atoms with Gasteiger partial charge in [-0.3, -0.25) is 14.5 Å². The van der Waals surface area contributed by atoms with Crippen LogP contribution in [0, 0.1) is 0 Å². The monoisotopic (exact) mass is 624 g/mol. The van der Waals surface area contributed by atoms with Gasteiger partial charge in [0, 0.05) is 69.0 Å². The highest BCUT2D eigenvalue weighted by molar-refractivity contribution is 6.08. The normalized spacial score (nSPS) is 15.2. The summed E-state index contributed by atoms with van der Waals surface area (Å²) in [6.07, 6.45) is 6.39. The quantitative estimate of drug-likeness (QED) is 0.161. The minimum atomic E-state index is -0.150. The number of nitrogens with zero attached hydrogens (tertiary/aromatic N) is 3. The zero-order valence-electron chi connectivity index (χ0n) is 27.5. The SMILES string of the molecule is CCCOCCN(CC)c1ccc(-c2ccc3c(c2)C=C(C(=O)Nc2ccc(CN(C)C4CCOCC4)cc2)CCN3C=O)cc1. The Balaban J connectivity index is 1.27. The Hall–Kier alpha value is -3.98. The number of rotatable bonds is 14. The summed E-state index contributed by atoms with van der Waals surface area (Å²) in [5.41, 5.74) is 7.54. The van der Waals surface area contributed by atoms with Crippen LogP contribution < -0.4 is 15.1 Å². The summed E-state index contributed by atoms with van der Waals surface area (Å²) >= 11 is 0. The van der Waals surface area contributed by atoms with Gasteiger partial charge in [0.05, 0.1) is 12.3 Å². The molecule has 2 aliphatic heterocycles. The number of carbonyl (C=O) groups excluding carboxylic acids is 2. The highest BCUT2D eigenvalue weighted by atomic mass is 16.5. The first-order chi connectivity index (χ1) is 22.5. The van der Waals surface area contributed by atoms with E-state index in [4.69, 9.17) is 9.47 Å². The number of ether oxygens (including phenoxy) is 2. The summed E-state index contributed by atoms with van der Waals surface area (Å²) in [6.45, 7) is 10.5. The van der Waals surface area contributed by atoms with Crippen LogP contribution in [0.2, 0.25) is 0 Å². The van der Waals surface area contributed by atoms with Crippen molar-refractivity contribution in [2.24, 2.45) is 0 Å². The molecule has 1 saturated heterocycles. The van der Waals surface area contributed by atoms with E-state index in [0.29, 0.717) is 31.2 Å². The number of amides is 2. The minimum Gasteiger partial charge on any atom is -0.381 e. The number of carbonyl (C=O) groups is 2. The van der Waals surface area contributed by atoms with Gasteiger partial charge in [0.2, 0.25) is 6.41 Å². The second-order valence-electron chi connectivity index (χ2n) is 12.1. The third-order valence-electron chi connectivity index (χ3n) is 8.97. The van der Waals surface area contributed by atoms with Gasteiger partial charge in [0.25, 0.3) is 5.91 Å². The average Bonchev–Trinajstić information content (AvgIpc) is 3.29. The summed E-state index contributed by atoms with van der Waals surface area (Å²) in [6, 6.07) is 23.3. The fourth-order valence-electron chi connectivity index (χ4n) is 6.22. The van der Waals surface area contributed by atoms with E-state index in [1.54, 1.807) is 4.90 Å². The first kappa shape index (κ1) is 33.4. The molecule has 0 atom stereocenters. The molecule has 5 rings (SSSR count). The van der Waals surface area contributed by atoms with Gasteiger partial charge in [0.15, 0.2) is 0 Å². The van der Waals surface area contributed by atoms with Crippen LogP contribution in [0.25, 0.3) is 17.2 Å². The molecular formula is C38H48N4O4. The smallest absolute Gasteiger partial charge is 0.251 e. The molecule has 0 spiro atoms. The van der Waals surface area contributed by atoms with Crippen LogP contribution in [0.4, 0.5) is 17.1 Å². The predicted octanol–water partition coefficient (Wildman–Crippen LogP) is 6.61.